The van der Waals surface area contributed by atoms with Crippen molar-refractivity contribution in [3.05, 3.63) is 6.33 Å². The Balaban J connectivity index is 1.41. The highest BCUT2D eigenvalue weighted by Gasteiger charge is 2.38. The van der Waals surface area contributed by atoms with Crippen molar-refractivity contribution in [1.29, 1.82) is 0 Å². The first kappa shape index (κ1) is 31.0. The molecule has 0 N–H and O–H groups in total. The lowest BCUT2D eigenvalue weighted by atomic mass is 9.93. The van der Waals surface area contributed by atoms with Gasteiger partial charge in [0.15, 0.2) is 11.5 Å². The Morgan fingerprint density at radius 3 is 2.43 bits per heavy atom. The quantitative estimate of drug-likeness (QED) is 0.324. The molecule has 11 heteroatoms. The number of carbonyl (C=O) groups excluding carboxylic acids is 1. The van der Waals surface area contributed by atoms with Crippen molar-refractivity contribution in [2.45, 2.75) is 135 Å². The molecule has 0 radical (unpaired) electrons. The van der Waals surface area contributed by atoms with Gasteiger partial charge in [0.1, 0.15) is 17.7 Å². The lowest BCUT2D eigenvalue weighted by Crippen LogP contribution is -2.55. The molecule has 5 rings (SSSR count). The third-order valence-corrected chi connectivity index (χ3v) is 14.1. The number of piperidine rings is 1. The van der Waals surface area contributed by atoms with E-state index < -0.39 is 13.9 Å². The normalized spacial score (nSPS) is 24.3. The Kier molecular flexibility index (Phi) is 8.32. The maximum atomic E-state index is 12.8. The zero-order valence-corrected chi connectivity index (χ0v) is 28.3. The van der Waals surface area contributed by atoms with Gasteiger partial charge >= 0.3 is 12.1 Å². The van der Waals surface area contributed by atoms with Crippen LogP contribution in [-0.2, 0) is 9.16 Å². The smallest absolute Gasteiger partial charge is 0.410 e. The van der Waals surface area contributed by atoms with E-state index in [2.05, 4.69) is 50.3 Å². The molecule has 2 aromatic rings. The Labute approximate surface area is 252 Å². The molecular formula is C31H52N6O4Si-. The zero-order valence-electron chi connectivity index (χ0n) is 27.3. The SMILES string of the molecule is CC(C)(C)OC(=O)N1CCC[C@H]1COc1nc(N2CCC[C@@](C)(O[Si-](C)(C)C(C)(C)C)C2)c2c(ncn2C2CCC2)n1. The summed E-state index contributed by atoms with van der Waals surface area (Å²) in [5, 5.41) is 0.137. The van der Waals surface area contributed by atoms with Crippen molar-refractivity contribution in [1.82, 2.24) is 24.4 Å². The van der Waals surface area contributed by atoms with Gasteiger partial charge in [-0.3, -0.25) is 0 Å². The first-order chi connectivity index (χ1) is 19.6. The van der Waals surface area contributed by atoms with Crippen LogP contribution in [0.25, 0.3) is 11.2 Å². The van der Waals surface area contributed by atoms with E-state index in [1.807, 2.05) is 27.1 Å². The Morgan fingerprint density at radius 1 is 1.05 bits per heavy atom. The summed E-state index contributed by atoms with van der Waals surface area (Å²) in [6.07, 6.45) is 9.00. The summed E-state index contributed by atoms with van der Waals surface area (Å²) in [5.74, 6) is 0.875. The van der Waals surface area contributed by atoms with E-state index >= 15 is 0 Å². The molecule has 1 amide bonds. The fourth-order valence-corrected chi connectivity index (χ4v) is 7.82. The molecule has 4 heterocycles. The molecule has 2 aromatic heterocycles. The molecule has 1 aliphatic carbocycles. The minimum Gasteiger partial charge on any atom is -0.559 e. The van der Waals surface area contributed by atoms with Crippen molar-refractivity contribution in [2.75, 3.05) is 31.1 Å². The van der Waals surface area contributed by atoms with Crippen LogP contribution in [0, 0.1) is 0 Å². The highest BCUT2D eigenvalue weighted by molar-refractivity contribution is 6.74. The van der Waals surface area contributed by atoms with Crippen LogP contribution in [-0.4, -0.2) is 82.3 Å². The first-order valence-electron chi connectivity index (χ1n) is 15.9. The molecule has 235 valence electrons. The van der Waals surface area contributed by atoms with Crippen LogP contribution in [0.5, 0.6) is 6.01 Å². The average Bonchev–Trinajstić information content (AvgIpc) is 3.46. The molecule has 10 nitrogen and oxygen atoms in total. The molecule has 0 aromatic carbocycles. The number of imidazole rings is 1. The predicted octanol–water partition coefficient (Wildman–Crippen LogP) is 6.71. The topological polar surface area (TPSA) is 94.8 Å². The van der Waals surface area contributed by atoms with E-state index in [9.17, 15) is 4.79 Å². The number of aromatic nitrogens is 4. The Hall–Kier alpha value is -2.40. The number of nitrogens with zero attached hydrogens (tertiary/aromatic N) is 6. The van der Waals surface area contributed by atoms with Crippen LogP contribution in [0.3, 0.4) is 0 Å². The highest BCUT2D eigenvalue weighted by atomic mass is 28.4. The van der Waals surface area contributed by atoms with Crippen LogP contribution in [0.15, 0.2) is 6.33 Å². The van der Waals surface area contributed by atoms with Gasteiger partial charge in [0.2, 0.25) is 0 Å². The second-order valence-electron chi connectivity index (χ2n) is 15.4. The largest absolute Gasteiger partial charge is 0.559 e. The van der Waals surface area contributed by atoms with Gasteiger partial charge in [0.25, 0.3) is 0 Å². The van der Waals surface area contributed by atoms with E-state index in [0.29, 0.717) is 30.9 Å². The molecule has 2 atom stereocenters. The minimum atomic E-state index is -1.98. The zero-order chi connectivity index (χ0) is 30.5. The van der Waals surface area contributed by atoms with Crippen molar-refractivity contribution in [2.24, 2.45) is 0 Å². The number of likely N-dealkylation sites (tertiary alicyclic amines) is 1. The standard InChI is InChI=1S/C31H52N6O4Si/c1-29(2,3)40-28(38)36-18-11-15-23(36)19-39-27-33-25-24(37(21-32-25)22-13-10-14-22)26(34-27)35-17-12-16-31(7,20-35)41-42(8,9)30(4,5)6/h21-23H,10-20H2,1-9H3/q-1/t23-,31+/m0/s1. The molecule has 1 saturated carbocycles. The summed E-state index contributed by atoms with van der Waals surface area (Å²) in [5.41, 5.74) is 0.846. The van der Waals surface area contributed by atoms with E-state index in [1.54, 1.807) is 4.90 Å². The van der Waals surface area contributed by atoms with Crippen molar-refractivity contribution >= 4 is 31.4 Å². The molecule has 3 fully saturated rings. The van der Waals surface area contributed by atoms with Crippen LogP contribution >= 0.6 is 0 Å². The highest BCUT2D eigenvalue weighted by Crippen LogP contribution is 2.43. The average molecular weight is 601 g/mol. The molecule has 0 bridgehead atoms. The molecule has 2 saturated heterocycles. The van der Waals surface area contributed by atoms with Gasteiger partial charge in [-0.1, -0.05) is 20.8 Å². The summed E-state index contributed by atoms with van der Waals surface area (Å²) in [6, 6.07) is 0.668. The van der Waals surface area contributed by atoms with E-state index in [0.717, 1.165) is 62.9 Å². The number of amides is 1. The number of ether oxygens (including phenoxy) is 2. The third-order valence-electron chi connectivity index (χ3n) is 9.53. The molecule has 0 unspecified atom stereocenters. The first-order valence-corrected chi connectivity index (χ1v) is 18.8. The monoisotopic (exact) mass is 600 g/mol. The third kappa shape index (κ3) is 6.56. The molecular weight excluding hydrogens is 548 g/mol. The maximum absolute atomic E-state index is 12.8. The predicted molar refractivity (Wildman–Crippen MR) is 168 cm³/mol. The fourth-order valence-electron chi connectivity index (χ4n) is 6.11. The summed E-state index contributed by atoms with van der Waals surface area (Å²) >= 11 is 0. The van der Waals surface area contributed by atoms with Crippen molar-refractivity contribution in [3.8, 4) is 6.01 Å². The van der Waals surface area contributed by atoms with Gasteiger partial charge in [-0.15, -0.1) is 18.1 Å². The Bertz CT molecular complexity index is 1280. The number of rotatable bonds is 7. The molecule has 42 heavy (non-hydrogen) atoms. The number of fused-ring (bicyclic) bond motifs is 1. The summed E-state index contributed by atoms with van der Waals surface area (Å²) < 4.78 is 21.2. The number of carbonyl (C=O) groups is 1. The lowest BCUT2D eigenvalue weighted by molar-refractivity contribution is 0.0184. The van der Waals surface area contributed by atoms with Gasteiger partial charge in [-0.05, 0) is 81.0 Å². The summed E-state index contributed by atoms with van der Waals surface area (Å²) in [7, 11) is -1.98. The summed E-state index contributed by atoms with van der Waals surface area (Å²) in [6.45, 7) is 22.1. The minimum absolute atomic E-state index is 0.0774. The van der Waals surface area contributed by atoms with E-state index in [-0.39, 0.29) is 22.8 Å². The van der Waals surface area contributed by atoms with Crippen molar-refractivity contribution in [3.63, 3.8) is 0 Å². The molecule has 3 aliphatic rings. The van der Waals surface area contributed by atoms with Gasteiger partial charge in [-0.25, -0.2) is 9.78 Å². The van der Waals surface area contributed by atoms with E-state index in [1.165, 1.54) is 6.42 Å². The van der Waals surface area contributed by atoms with Crippen LogP contribution in [0.2, 0.25) is 18.1 Å². The van der Waals surface area contributed by atoms with Crippen LogP contribution < -0.4 is 9.64 Å². The van der Waals surface area contributed by atoms with Crippen LogP contribution in [0.1, 0.15) is 99.5 Å². The lowest BCUT2D eigenvalue weighted by Gasteiger charge is -2.56. The van der Waals surface area contributed by atoms with Gasteiger partial charge in [0, 0.05) is 31.3 Å². The van der Waals surface area contributed by atoms with Crippen molar-refractivity contribution < 1.29 is 18.7 Å². The van der Waals surface area contributed by atoms with E-state index in [4.69, 9.17) is 28.9 Å². The summed E-state index contributed by atoms with van der Waals surface area (Å²) in [4.78, 5) is 31.5. The number of hydrogen-bond acceptors (Lipinski definition) is 8. The van der Waals surface area contributed by atoms with Crippen LogP contribution in [0.4, 0.5) is 10.6 Å². The molecule has 0 spiro atoms. The Morgan fingerprint density at radius 2 is 1.79 bits per heavy atom. The second-order valence-corrected chi connectivity index (χ2v) is 20.1. The number of hydrogen-bond donors (Lipinski definition) is 0. The molecule has 2 aliphatic heterocycles. The maximum Gasteiger partial charge on any atom is 0.410 e. The van der Waals surface area contributed by atoms with Gasteiger partial charge < -0.3 is 28.3 Å². The van der Waals surface area contributed by atoms with Gasteiger partial charge in [-0.2, -0.15) is 9.97 Å². The second kappa shape index (κ2) is 11.3. The van der Waals surface area contributed by atoms with Gasteiger partial charge in [0.05, 0.1) is 12.4 Å². The number of anilines is 1. The fraction of sp³-hybridized carbons (Fsp3) is 0.806.